The normalized spacial score (nSPS) is 10.5. The summed E-state index contributed by atoms with van der Waals surface area (Å²) in [4.78, 5) is 18.4. The molecule has 6 heteroatoms. The Morgan fingerprint density at radius 2 is 1.96 bits per heavy atom. The van der Waals surface area contributed by atoms with Crippen molar-refractivity contribution in [2.45, 2.75) is 32.7 Å². The van der Waals surface area contributed by atoms with Gasteiger partial charge in [0, 0.05) is 25.4 Å². The Morgan fingerprint density at radius 1 is 1.30 bits per heavy atom. The van der Waals surface area contributed by atoms with Crippen LogP contribution in [0.5, 0.6) is 0 Å². The Bertz CT molecular complexity index is 625. The number of aromatic nitrogens is 1. The monoisotopic (exact) mass is 353 g/mol. The van der Waals surface area contributed by atoms with Crippen LogP contribution < -0.4 is 5.73 Å². The molecule has 0 aliphatic carbocycles. The first-order valence-corrected chi connectivity index (χ1v) is 8.38. The van der Waals surface area contributed by atoms with Crippen LogP contribution in [0, 0.1) is 0 Å². The second kappa shape index (κ2) is 9.01. The summed E-state index contributed by atoms with van der Waals surface area (Å²) < 4.78 is 0. The van der Waals surface area contributed by atoms with Crippen LogP contribution in [0.15, 0.2) is 29.6 Å². The van der Waals surface area contributed by atoms with Crippen LogP contribution in [0.1, 0.15) is 46.4 Å². The van der Waals surface area contributed by atoms with E-state index in [0.717, 1.165) is 17.0 Å². The number of thiazole rings is 1. The van der Waals surface area contributed by atoms with E-state index in [2.05, 4.69) is 43.1 Å². The standard InChI is InChI=1S/C17H23N3OS.ClH/c1-12(2)14-6-4-13(5-7-14)10-20(3)17(21)15-11-22-16(19-15)8-9-18;/h4-7,11-12H,8-10,18H2,1-3H3;1H. The first-order chi connectivity index (χ1) is 10.5. The van der Waals surface area contributed by atoms with Crippen molar-refractivity contribution in [1.82, 2.24) is 9.88 Å². The number of rotatable bonds is 6. The number of carbonyl (C=O) groups excluding carboxylic acids is 1. The molecule has 0 unspecified atom stereocenters. The molecule has 126 valence electrons. The van der Waals surface area contributed by atoms with E-state index in [9.17, 15) is 4.79 Å². The fourth-order valence-corrected chi connectivity index (χ4v) is 2.98. The lowest BCUT2D eigenvalue weighted by Gasteiger charge is -2.16. The van der Waals surface area contributed by atoms with E-state index in [1.807, 2.05) is 5.38 Å². The third kappa shape index (κ3) is 5.30. The Balaban J connectivity index is 0.00000264. The maximum atomic E-state index is 12.4. The van der Waals surface area contributed by atoms with Gasteiger partial charge < -0.3 is 10.6 Å². The summed E-state index contributed by atoms with van der Waals surface area (Å²) in [6, 6.07) is 8.42. The zero-order valence-corrected chi connectivity index (χ0v) is 15.4. The number of carbonyl (C=O) groups is 1. The fourth-order valence-electron chi connectivity index (χ4n) is 2.20. The number of nitrogens with zero attached hydrogens (tertiary/aromatic N) is 2. The van der Waals surface area contributed by atoms with Gasteiger partial charge in [0.2, 0.25) is 0 Å². The van der Waals surface area contributed by atoms with Gasteiger partial charge in [-0.15, -0.1) is 23.7 Å². The van der Waals surface area contributed by atoms with E-state index in [0.29, 0.717) is 24.7 Å². The van der Waals surface area contributed by atoms with Crippen LogP contribution >= 0.6 is 23.7 Å². The van der Waals surface area contributed by atoms with Crippen LogP contribution in [0.2, 0.25) is 0 Å². The minimum Gasteiger partial charge on any atom is -0.336 e. The largest absolute Gasteiger partial charge is 0.336 e. The smallest absolute Gasteiger partial charge is 0.273 e. The van der Waals surface area contributed by atoms with E-state index >= 15 is 0 Å². The average Bonchev–Trinajstić information content (AvgIpc) is 2.96. The topological polar surface area (TPSA) is 59.2 Å². The van der Waals surface area contributed by atoms with Gasteiger partial charge in [-0.3, -0.25) is 4.79 Å². The average molecular weight is 354 g/mol. The third-order valence-electron chi connectivity index (χ3n) is 3.54. The van der Waals surface area contributed by atoms with Gasteiger partial charge in [0.05, 0.1) is 5.01 Å². The highest BCUT2D eigenvalue weighted by Crippen LogP contribution is 2.17. The highest BCUT2D eigenvalue weighted by molar-refractivity contribution is 7.09. The van der Waals surface area contributed by atoms with Gasteiger partial charge in [-0.2, -0.15) is 0 Å². The van der Waals surface area contributed by atoms with E-state index in [-0.39, 0.29) is 18.3 Å². The van der Waals surface area contributed by atoms with Crippen molar-refractivity contribution in [3.8, 4) is 0 Å². The lowest BCUT2D eigenvalue weighted by Crippen LogP contribution is -2.26. The third-order valence-corrected chi connectivity index (χ3v) is 4.45. The summed E-state index contributed by atoms with van der Waals surface area (Å²) in [6.07, 6.45) is 0.721. The zero-order chi connectivity index (χ0) is 16.1. The summed E-state index contributed by atoms with van der Waals surface area (Å²) in [5.74, 6) is 0.469. The molecule has 2 N–H and O–H groups in total. The molecule has 1 aromatic heterocycles. The van der Waals surface area contributed by atoms with Gasteiger partial charge in [0.1, 0.15) is 5.69 Å². The van der Waals surface area contributed by atoms with Crippen LogP contribution in [0.3, 0.4) is 0 Å². The molecule has 2 rings (SSSR count). The number of halogens is 1. The molecular weight excluding hydrogens is 330 g/mol. The number of benzene rings is 1. The van der Waals surface area contributed by atoms with Gasteiger partial charge >= 0.3 is 0 Å². The SMILES string of the molecule is CC(C)c1ccc(CN(C)C(=O)c2csc(CCN)n2)cc1.Cl. The molecule has 0 bridgehead atoms. The first-order valence-electron chi connectivity index (χ1n) is 7.50. The highest BCUT2D eigenvalue weighted by atomic mass is 35.5. The maximum Gasteiger partial charge on any atom is 0.273 e. The lowest BCUT2D eigenvalue weighted by atomic mass is 10.0. The minimum atomic E-state index is -0.0487. The van der Waals surface area contributed by atoms with Crippen molar-refractivity contribution in [2.24, 2.45) is 5.73 Å². The van der Waals surface area contributed by atoms with E-state index in [1.165, 1.54) is 16.9 Å². The Kier molecular flexibility index (Phi) is 7.68. The van der Waals surface area contributed by atoms with E-state index < -0.39 is 0 Å². The molecule has 23 heavy (non-hydrogen) atoms. The molecule has 0 aliphatic heterocycles. The molecule has 4 nitrogen and oxygen atoms in total. The number of hydrogen-bond acceptors (Lipinski definition) is 4. The Morgan fingerprint density at radius 3 is 2.52 bits per heavy atom. The van der Waals surface area contributed by atoms with Gasteiger partial charge in [0.25, 0.3) is 5.91 Å². The molecule has 1 amide bonds. The quantitative estimate of drug-likeness (QED) is 0.865. The van der Waals surface area contributed by atoms with Gasteiger partial charge in [-0.1, -0.05) is 38.1 Å². The number of nitrogens with two attached hydrogens (primary N) is 1. The fraction of sp³-hybridized carbons (Fsp3) is 0.412. The molecule has 0 fully saturated rings. The predicted molar refractivity (Wildman–Crippen MR) is 98.4 cm³/mol. The number of hydrogen-bond donors (Lipinski definition) is 1. The lowest BCUT2D eigenvalue weighted by molar-refractivity contribution is 0.0780. The van der Waals surface area contributed by atoms with Gasteiger partial charge in [-0.05, 0) is 23.6 Å². The second-order valence-electron chi connectivity index (χ2n) is 5.72. The zero-order valence-electron chi connectivity index (χ0n) is 13.8. The van der Waals surface area contributed by atoms with E-state index in [4.69, 9.17) is 5.73 Å². The summed E-state index contributed by atoms with van der Waals surface area (Å²) >= 11 is 1.49. The van der Waals surface area contributed by atoms with Crippen LogP contribution in [-0.4, -0.2) is 29.4 Å². The van der Waals surface area contributed by atoms with Crippen molar-refractivity contribution in [1.29, 1.82) is 0 Å². The summed E-state index contributed by atoms with van der Waals surface area (Å²) in [7, 11) is 1.81. The molecular formula is C17H24ClN3OS. The minimum absolute atomic E-state index is 0. The van der Waals surface area contributed by atoms with Crippen molar-refractivity contribution < 1.29 is 4.79 Å². The van der Waals surface area contributed by atoms with Crippen LogP contribution in [-0.2, 0) is 13.0 Å². The molecule has 0 saturated carbocycles. The summed E-state index contributed by atoms with van der Waals surface area (Å²) in [6.45, 7) is 5.48. The maximum absolute atomic E-state index is 12.4. The first kappa shape index (κ1) is 19.6. The van der Waals surface area contributed by atoms with Gasteiger partial charge in [-0.25, -0.2) is 4.98 Å². The van der Waals surface area contributed by atoms with Crippen molar-refractivity contribution >= 4 is 29.7 Å². The second-order valence-corrected chi connectivity index (χ2v) is 6.67. The van der Waals surface area contributed by atoms with E-state index in [1.54, 1.807) is 11.9 Å². The van der Waals surface area contributed by atoms with Crippen LogP contribution in [0.25, 0.3) is 0 Å². The summed E-state index contributed by atoms with van der Waals surface area (Å²) in [5, 5.41) is 2.73. The van der Waals surface area contributed by atoms with Crippen molar-refractivity contribution in [3.63, 3.8) is 0 Å². The molecule has 0 spiro atoms. The Labute approximate surface area is 148 Å². The highest BCUT2D eigenvalue weighted by Gasteiger charge is 2.15. The molecule has 2 aromatic rings. The molecule has 0 aliphatic rings. The molecule has 0 atom stereocenters. The summed E-state index contributed by atoms with van der Waals surface area (Å²) in [5.41, 5.74) is 8.45. The van der Waals surface area contributed by atoms with Crippen molar-refractivity contribution in [2.75, 3.05) is 13.6 Å². The Hall–Kier alpha value is -1.43. The van der Waals surface area contributed by atoms with Gasteiger partial charge in [0.15, 0.2) is 0 Å². The van der Waals surface area contributed by atoms with Crippen molar-refractivity contribution in [3.05, 3.63) is 51.5 Å². The predicted octanol–water partition coefficient (Wildman–Crippen LogP) is 3.46. The molecule has 1 heterocycles. The number of amides is 1. The molecule has 1 aromatic carbocycles. The van der Waals surface area contributed by atoms with Crippen LogP contribution in [0.4, 0.5) is 0 Å². The molecule has 0 saturated heterocycles. The molecule has 0 radical (unpaired) electrons.